The number of amides is 1. The molecule has 0 bridgehead atoms. The molecule has 166 valence electrons. The summed E-state index contributed by atoms with van der Waals surface area (Å²) in [4.78, 5) is 27.4. The van der Waals surface area contributed by atoms with Crippen LogP contribution in [0.5, 0.6) is 5.75 Å². The number of hydrogen-bond acceptors (Lipinski definition) is 6. The molecule has 5 rings (SSSR count). The normalized spacial score (nSPS) is 17.9. The van der Waals surface area contributed by atoms with Gasteiger partial charge in [0, 0.05) is 49.4 Å². The van der Waals surface area contributed by atoms with Crippen LogP contribution in [0.1, 0.15) is 40.3 Å². The molecule has 1 fully saturated rings. The van der Waals surface area contributed by atoms with Gasteiger partial charge in [-0.25, -0.2) is 13.2 Å². The summed E-state index contributed by atoms with van der Waals surface area (Å²) >= 11 is 0.930. The van der Waals surface area contributed by atoms with Crippen LogP contribution in [0.4, 0.5) is 13.2 Å². The maximum atomic E-state index is 14.0. The zero-order valence-corrected chi connectivity index (χ0v) is 17.5. The van der Waals surface area contributed by atoms with E-state index in [9.17, 15) is 27.9 Å². The Bertz CT molecular complexity index is 1280. The van der Waals surface area contributed by atoms with Crippen LogP contribution in [-0.4, -0.2) is 43.3 Å². The van der Waals surface area contributed by atoms with E-state index in [1.54, 1.807) is 9.47 Å². The summed E-state index contributed by atoms with van der Waals surface area (Å²) in [6, 6.07) is 1.16. The number of rotatable bonds is 3. The summed E-state index contributed by atoms with van der Waals surface area (Å²) in [5.41, 5.74) is -1.12. The molecule has 1 N–H and O–H groups in total. The third-order valence-corrected chi connectivity index (χ3v) is 6.84. The number of carbonyl (C=O) groups excluding carboxylic acids is 1. The number of aromatic hydroxyl groups is 1. The van der Waals surface area contributed by atoms with Crippen LogP contribution < -0.4 is 5.43 Å². The third-order valence-electron chi connectivity index (χ3n) is 5.89. The summed E-state index contributed by atoms with van der Waals surface area (Å²) in [7, 11) is 0. The van der Waals surface area contributed by atoms with Crippen molar-refractivity contribution >= 4 is 17.2 Å². The Balaban J connectivity index is 1.51. The second-order valence-corrected chi connectivity index (χ2v) is 8.96. The molecular weight excluding hydrogens is 445 g/mol. The standard InChI is InChI=1S/C21H17F3N4O3S/c22-10-5-14(23)12(15(24)6-10)7-16-25-26-20(32-16)13-9-27-8-11-3-1-2-4-28(11)21(31)17(27)19(30)18(13)29/h5-6,9,11,30H,1-4,7-8H2. The molecule has 3 aromatic rings. The number of aromatic nitrogens is 3. The highest BCUT2D eigenvalue weighted by atomic mass is 32.1. The van der Waals surface area contributed by atoms with E-state index in [0.717, 1.165) is 30.6 Å². The SMILES string of the molecule is O=C1c2c(O)c(=O)c(-c3nnc(Cc4c(F)cc(F)cc4F)s3)cn2CC2CCCCN12. The smallest absolute Gasteiger partial charge is 0.274 e. The minimum atomic E-state index is -1.04. The van der Waals surface area contributed by atoms with E-state index < -0.39 is 28.6 Å². The molecule has 2 aliphatic heterocycles. The molecule has 32 heavy (non-hydrogen) atoms. The second-order valence-electron chi connectivity index (χ2n) is 7.90. The van der Waals surface area contributed by atoms with Gasteiger partial charge in [0.1, 0.15) is 22.5 Å². The third kappa shape index (κ3) is 3.36. The van der Waals surface area contributed by atoms with Crippen LogP contribution in [0.15, 0.2) is 23.1 Å². The number of fused-ring (bicyclic) bond motifs is 2. The Morgan fingerprint density at radius 3 is 2.62 bits per heavy atom. The molecule has 4 heterocycles. The summed E-state index contributed by atoms with van der Waals surface area (Å²) in [5.74, 6) is -4.13. The highest BCUT2D eigenvalue weighted by Gasteiger charge is 2.37. The largest absolute Gasteiger partial charge is 0.503 e. The zero-order valence-electron chi connectivity index (χ0n) is 16.6. The molecular formula is C21H17F3N4O3S. The number of halogens is 3. The Kier molecular flexibility index (Phi) is 5.00. The van der Waals surface area contributed by atoms with E-state index in [4.69, 9.17) is 0 Å². The van der Waals surface area contributed by atoms with Crippen LogP contribution in [-0.2, 0) is 13.0 Å². The topological polar surface area (TPSA) is 88.3 Å². The van der Waals surface area contributed by atoms with Crippen LogP contribution in [0.2, 0.25) is 0 Å². The maximum absolute atomic E-state index is 14.0. The van der Waals surface area contributed by atoms with Crippen LogP contribution in [0, 0.1) is 17.5 Å². The maximum Gasteiger partial charge on any atom is 0.274 e. The molecule has 0 spiro atoms. The number of pyridine rings is 1. The summed E-state index contributed by atoms with van der Waals surface area (Å²) < 4.78 is 42.6. The summed E-state index contributed by atoms with van der Waals surface area (Å²) in [6.07, 6.45) is 3.92. The fourth-order valence-electron chi connectivity index (χ4n) is 4.32. The number of benzene rings is 1. The number of hydrogen-bond donors (Lipinski definition) is 1. The van der Waals surface area contributed by atoms with Gasteiger partial charge in [-0.05, 0) is 19.3 Å². The van der Waals surface area contributed by atoms with Gasteiger partial charge in [0.25, 0.3) is 5.91 Å². The summed E-state index contributed by atoms with van der Waals surface area (Å²) in [5, 5.41) is 18.7. The molecule has 0 radical (unpaired) electrons. The van der Waals surface area contributed by atoms with Gasteiger partial charge in [-0.3, -0.25) is 9.59 Å². The lowest BCUT2D eigenvalue weighted by Crippen LogP contribution is -2.51. The quantitative estimate of drug-likeness (QED) is 0.646. The molecule has 2 aromatic heterocycles. The van der Waals surface area contributed by atoms with E-state index in [-0.39, 0.29) is 45.2 Å². The fraction of sp³-hybridized carbons (Fsp3) is 0.333. The molecule has 1 atom stereocenters. The van der Waals surface area contributed by atoms with Gasteiger partial charge in [0.15, 0.2) is 16.5 Å². The van der Waals surface area contributed by atoms with Crippen molar-refractivity contribution in [2.24, 2.45) is 0 Å². The van der Waals surface area contributed by atoms with Gasteiger partial charge < -0.3 is 14.6 Å². The van der Waals surface area contributed by atoms with E-state index in [1.165, 1.54) is 6.20 Å². The first-order chi connectivity index (χ1) is 15.3. The first kappa shape index (κ1) is 20.7. The van der Waals surface area contributed by atoms with Gasteiger partial charge in [0.2, 0.25) is 5.43 Å². The Morgan fingerprint density at radius 2 is 1.88 bits per heavy atom. The van der Waals surface area contributed by atoms with E-state index in [2.05, 4.69) is 10.2 Å². The van der Waals surface area contributed by atoms with Crippen molar-refractivity contribution in [1.82, 2.24) is 19.7 Å². The van der Waals surface area contributed by atoms with Crippen LogP contribution in [0.3, 0.4) is 0 Å². The Morgan fingerprint density at radius 1 is 1.12 bits per heavy atom. The molecule has 2 aliphatic rings. The van der Waals surface area contributed by atoms with Crippen molar-refractivity contribution < 1.29 is 23.1 Å². The number of carbonyl (C=O) groups is 1. The predicted octanol–water partition coefficient (Wildman–Crippen LogP) is 3.09. The second kappa shape index (κ2) is 7.73. The molecule has 0 aliphatic carbocycles. The van der Waals surface area contributed by atoms with Gasteiger partial charge in [-0.2, -0.15) is 0 Å². The monoisotopic (exact) mass is 462 g/mol. The first-order valence-corrected chi connectivity index (χ1v) is 10.9. The van der Waals surface area contributed by atoms with Crippen molar-refractivity contribution in [3.63, 3.8) is 0 Å². The Labute approximate surface area is 183 Å². The fourth-order valence-corrected chi connectivity index (χ4v) is 5.18. The molecule has 0 saturated carbocycles. The lowest BCUT2D eigenvalue weighted by Gasteiger charge is -2.40. The zero-order chi connectivity index (χ0) is 22.6. The molecule has 11 heteroatoms. The van der Waals surface area contributed by atoms with Crippen molar-refractivity contribution in [3.05, 3.63) is 62.3 Å². The highest BCUT2D eigenvalue weighted by molar-refractivity contribution is 7.14. The van der Waals surface area contributed by atoms with Gasteiger partial charge in [-0.15, -0.1) is 10.2 Å². The van der Waals surface area contributed by atoms with Crippen LogP contribution in [0.25, 0.3) is 10.6 Å². The van der Waals surface area contributed by atoms with Crippen LogP contribution >= 0.6 is 11.3 Å². The van der Waals surface area contributed by atoms with Gasteiger partial charge in [0.05, 0.1) is 5.56 Å². The number of piperidine rings is 1. The molecule has 1 saturated heterocycles. The Hall–Kier alpha value is -3.21. The van der Waals surface area contributed by atoms with E-state index in [1.807, 2.05) is 0 Å². The van der Waals surface area contributed by atoms with Gasteiger partial charge >= 0.3 is 0 Å². The predicted molar refractivity (Wildman–Crippen MR) is 109 cm³/mol. The van der Waals surface area contributed by atoms with E-state index in [0.29, 0.717) is 25.2 Å². The lowest BCUT2D eigenvalue weighted by atomic mass is 9.98. The van der Waals surface area contributed by atoms with Crippen molar-refractivity contribution in [3.8, 4) is 16.3 Å². The van der Waals surface area contributed by atoms with Crippen molar-refractivity contribution in [2.45, 2.75) is 38.3 Å². The molecule has 1 unspecified atom stereocenters. The minimum Gasteiger partial charge on any atom is -0.503 e. The summed E-state index contributed by atoms with van der Waals surface area (Å²) in [6.45, 7) is 1.04. The lowest BCUT2D eigenvalue weighted by molar-refractivity contribution is 0.0506. The van der Waals surface area contributed by atoms with Crippen molar-refractivity contribution in [2.75, 3.05) is 6.54 Å². The van der Waals surface area contributed by atoms with Gasteiger partial charge in [-0.1, -0.05) is 11.3 Å². The van der Waals surface area contributed by atoms with E-state index >= 15 is 0 Å². The first-order valence-electron chi connectivity index (χ1n) is 10.1. The minimum absolute atomic E-state index is 0.00657. The average molecular weight is 462 g/mol. The van der Waals surface area contributed by atoms with Crippen molar-refractivity contribution in [1.29, 1.82) is 0 Å². The molecule has 1 aromatic carbocycles. The molecule has 1 amide bonds. The highest BCUT2D eigenvalue weighted by Crippen LogP contribution is 2.32. The average Bonchev–Trinajstić information content (AvgIpc) is 3.21. The number of nitrogens with zero attached hydrogens (tertiary/aromatic N) is 4. The molecule has 7 nitrogen and oxygen atoms in total.